The van der Waals surface area contributed by atoms with E-state index >= 15 is 0 Å². The molecule has 1 N–H and O–H groups in total. The minimum absolute atomic E-state index is 0.203. The molecule has 1 aromatic carbocycles. The average molecular weight is 276 g/mol. The molecule has 104 valence electrons. The molecule has 0 aliphatic rings. The van der Waals surface area contributed by atoms with Gasteiger partial charge in [-0.05, 0) is 24.3 Å². The molecule has 20 heavy (non-hydrogen) atoms. The molecule has 2 aromatic rings. The smallest absolute Gasteiger partial charge is 0.262 e. The predicted octanol–water partition coefficient (Wildman–Crippen LogP) is 2.25. The number of ether oxygens (including phenoxy) is 2. The monoisotopic (exact) mass is 276 g/mol. The van der Waals surface area contributed by atoms with Gasteiger partial charge in [0, 0.05) is 0 Å². The summed E-state index contributed by atoms with van der Waals surface area (Å²) in [6.07, 6.45) is 1.21. The first-order valence-corrected chi connectivity index (χ1v) is 5.86. The van der Waals surface area contributed by atoms with Crippen molar-refractivity contribution in [2.24, 2.45) is 0 Å². The highest BCUT2D eigenvalue weighted by molar-refractivity contribution is 5.93. The standard InChI is InChI=1S/C14H13FN2O3/c1-19-12-5-3-2-4-11(12)17-14(18)9-20-10-6-7-13(15)16-8-10/h2-8H,9H2,1H3,(H,17,18). The maximum atomic E-state index is 12.6. The molecule has 6 heteroatoms. The van der Waals surface area contributed by atoms with Crippen molar-refractivity contribution < 1.29 is 18.7 Å². The van der Waals surface area contributed by atoms with E-state index in [9.17, 15) is 9.18 Å². The van der Waals surface area contributed by atoms with Crippen LogP contribution in [0.4, 0.5) is 10.1 Å². The van der Waals surface area contributed by atoms with E-state index in [4.69, 9.17) is 9.47 Å². The number of nitrogens with zero attached hydrogens (tertiary/aromatic N) is 1. The normalized spacial score (nSPS) is 9.90. The van der Waals surface area contributed by atoms with E-state index in [1.54, 1.807) is 24.3 Å². The second-order valence-corrected chi connectivity index (χ2v) is 3.85. The SMILES string of the molecule is COc1ccccc1NC(=O)COc1ccc(F)nc1. The number of benzene rings is 1. The lowest BCUT2D eigenvalue weighted by Crippen LogP contribution is -2.20. The molecule has 0 fully saturated rings. The predicted molar refractivity (Wildman–Crippen MR) is 71.3 cm³/mol. The van der Waals surface area contributed by atoms with Crippen molar-refractivity contribution in [2.75, 3.05) is 19.0 Å². The number of rotatable bonds is 5. The van der Waals surface area contributed by atoms with Gasteiger partial charge in [0.1, 0.15) is 11.5 Å². The highest BCUT2D eigenvalue weighted by atomic mass is 19.1. The lowest BCUT2D eigenvalue weighted by atomic mass is 10.3. The van der Waals surface area contributed by atoms with Crippen molar-refractivity contribution in [3.05, 3.63) is 48.5 Å². The Morgan fingerprint density at radius 1 is 1.30 bits per heavy atom. The van der Waals surface area contributed by atoms with E-state index in [0.717, 1.165) is 6.07 Å². The minimum Gasteiger partial charge on any atom is -0.495 e. The molecule has 0 atom stereocenters. The Labute approximate surface area is 115 Å². The fourth-order valence-electron chi connectivity index (χ4n) is 1.53. The number of carbonyl (C=O) groups is 1. The van der Waals surface area contributed by atoms with Crippen LogP contribution in [0.2, 0.25) is 0 Å². The quantitative estimate of drug-likeness (QED) is 0.851. The van der Waals surface area contributed by atoms with Crippen LogP contribution in [0, 0.1) is 5.95 Å². The highest BCUT2D eigenvalue weighted by Gasteiger charge is 2.07. The molecule has 0 radical (unpaired) electrons. The lowest BCUT2D eigenvalue weighted by molar-refractivity contribution is -0.118. The largest absolute Gasteiger partial charge is 0.495 e. The number of anilines is 1. The van der Waals surface area contributed by atoms with Gasteiger partial charge in [-0.25, -0.2) is 4.98 Å². The number of hydrogen-bond donors (Lipinski definition) is 1. The van der Waals surface area contributed by atoms with Crippen molar-refractivity contribution in [1.29, 1.82) is 0 Å². The Morgan fingerprint density at radius 2 is 2.10 bits per heavy atom. The summed E-state index contributed by atoms with van der Waals surface area (Å²) in [6.45, 7) is -0.203. The Hall–Kier alpha value is -2.63. The molecular weight excluding hydrogens is 263 g/mol. The van der Waals surface area contributed by atoms with Gasteiger partial charge in [0.05, 0.1) is 19.0 Å². The maximum Gasteiger partial charge on any atom is 0.262 e. The number of carbonyl (C=O) groups excluding carboxylic acids is 1. The first kappa shape index (κ1) is 13.8. The van der Waals surface area contributed by atoms with Gasteiger partial charge in [-0.2, -0.15) is 4.39 Å². The summed E-state index contributed by atoms with van der Waals surface area (Å²) in [5, 5.41) is 2.66. The fourth-order valence-corrected chi connectivity index (χ4v) is 1.53. The molecule has 0 saturated carbocycles. The summed E-state index contributed by atoms with van der Waals surface area (Å²) >= 11 is 0. The number of amides is 1. The number of para-hydroxylation sites is 2. The Balaban J connectivity index is 1.91. The first-order chi connectivity index (χ1) is 9.69. The van der Waals surface area contributed by atoms with E-state index in [1.807, 2.05) is 0 Å². The average Bonchev–Trinajstić information content (AvgIpc) is 2.47. The van der Waals surface area contributed by atoms with Gasteiger partial charge in [0.15, 0.2) is 6.61 Å². The van der Waals surface area contributed by atoms with Gasteiger partial charge in [0.2, 0.25) is 5.95 Å². The molecule has 0 aliphatic heterocycles. The van der Waals surface area contributed by atoms with Crippen molar-refractivity contribution in [3.63, 3.8) is 0 Å². The number of methoxy groups -OCH3 is 1. The van der Waals surface area contributed by atoms with Crippen LogP contribution in [0.15, 0.2) is 42.6 Å². The fraction of sp³-hybridized carbons (Fsp3) is 0.143. The number of aromatic nitrogens is 1. The molecule has 0 aliphatic carbocycles. The summed E-state index contributed by atoms with van der Waals surface area (Å²) in [5.74, 6) is -0.0690. The zero-order valence-electron chi connectivity index (χ0n) is 10.8. The summed E-state index contributed by atoms with van der Waals surface area (Å²) in [6, 6.07) is 9.60. The summed E-state index contributed by atoms with van der Waals surface area (Å²) in [7, 11) is 1.52. The van der Waals surface area contributed by atoms with Gasteiger partial charge in [0.25, 0.3) is 5.91 Å². The zero-order chi connectivity index (χ0) is 14.4. The molecule has 5 nitrogen and oxygen atoms in total. The number of hydrogen-bond acceptors (Lipinski definition) is 4. The Bertz CT molecular complexity index is 587. The number of pyridine rings is 1. The van der Waals surface area contributed by atoms with Crippen LogP contribution < -0.4 is 14.8 Å². The van der Waals surface area contributed by atoms with Crippen LogP contribution in [-0.4, -0.2) is 24.6 Å². The first-order valence-electron chi connectivity index (χ1n) is 5.86. The molecule has 0 bridgehead atoms. The van der Waals surface area contributed by atoms with Gasteiger partial charge in [-0.15, -0.1) is 0 Å². The Kier molecular flexibility index (Phi) is 4.49. The molecule has 1 aromatic heterocycles. The minimum atomic E-state index is -0.601. The number of nitrogens with one attached hydrogen (secondary N) is 1. The molecule has 0 spiro atoms. The van der Waals surface area contributed by atoms with Crippen molar-refractivity contribution in [1.82, 2.24) is 4.98 Å². The van der Waals surface area contributed by atoms with E-state index in [1.165, 1.54) is 19.4 Å². The van der Waals surface area contributed by atoms with E-state index in [2.05, 4.69) is 10.3 Å². The molecule has 2 rings (SSSR count). The summed E-state index contributed by atoms with van der Waals surface area (Å²) in [5.41, 5.74) is 0.556. The van der Waals surface area contributed by atoms with Crippen LogP contribution in [0.3, 0.4) is 0 Å². The van der Waals surface area contributed by atoms with E-state index in [0.29, 0.717) is 17.2 Å². The van der Waals surface area contributed by atoms with Crippen LogP contribution >= 0.6 is 0 Å². The third-order valence-corrected chi connectivity index (χ3v) is 2.45. The Morgan fingerprint density at radius 3 is 2.80 bits per heavy atom. The highest BCUT2D eigenvalue weighted by Crippen LogP contribution is 2.22. The van der Waals surface area contributed by atoms with Gasteiger partial charge >= 0.3 is 0 Å². The summed E-state index contributed by atoms with van der Waals surface area (Å²) in [4.78, 5) is 15.2. The van der Waals surface area contributed by atoms with E-state index in [-0.39, 0.29) is 12.5 Å². The molecule has 0 saturated heterocycles. The van der Waals surface area contributed by atoms with Gasteiger partial charge < -0.3 is 14.8 Å². The second-order valence-electron chi connectivity index (χ2n) is 3.85. The van der Waals surface area contributed by atoms with E-state index < -0.39 is 5.95 Å². The van der Waals surface area contributed by atoms with Crippen molar-refractivity contribution >= 4 is 11.6 Å². The molecule has 0 unspecified atom stereocenters. The van der Waals surface area contributed by atoms with Crippen LogP contribution in [-0.2, 0) is 4.79 Å². The van der Waals surface area contributed by atoms with Gasteiger partial charge in [-0.3, -0.25) is 4.79 Å². The molecular formula is C14H13FN2O3. The van der Waals surface area contributed by atoms with Crippen LogP contribution in [0.1, 0.15) is 0 Å². The molecule has 1 heterocycles. The lowest BCUT2D eigenvalue weighted by Gasteiger charge is -2.10. The second kappa shape index (κ2) is 6.51. The third-order valence-electron chi connectivity index (χ3n) is 2.45. The van der Waals surface area contributed by atoms with Crippen molar-refractivity contribution in [3.8, 4) is 11.5 Å². The van der Waals surface area contributed by atoms with Crippen LogP contribution in [0.5, 0.6) is 11.5 Å². The van der Waals surface area contributed by atoms with Crippen molar-refractivity contribution in [2.45, 2.75) is 0 Å². The van der Waals surface area contributed by atoms with Crippen LogP contribution in [0.25, 0.3) is 0 Å². The zero-order valence-corrected chi connectivity index (χ0v) is 10.8. The molecule has 1 amide bonds. The summed E-state index contributed by atoms with van der Waals surface area (Å²) < 4.78 is 22.9. The maximum absolute atomic E-state index is 12.6. The topological polar surface area (TPSA) is 60.5 Å². The van der Waals surface area contributed by atoms with Gasteiger partial charge in [-0.1, -0.05) is 12.1 Å². The third kappa shape index (κ3) is 3.68. The number of halogens is 1.